The number of carbonyl (C=O) groups excluding carboxylic acids is 2. The molecule has 0 aliphatic carbocycles. The Morgan fingerprint density at radius 3 is 2.44 bits per heavy atom. The third kappa shape index (κ3) is 5.24. The number of hydrogen-bond donors (Lipinski definition) is 1. The van der Waals surface area contributed by atoms with E-state index in [-0.39, 0.29) is 17.7 Å². The molecular formula is C18H27F2N3O4. The van der Waals surface area contributed by atoms with Gasteiger partial charge in [-0.05, 0) is 18.9 Å². The first-order valence-corrected chi connectivity index (χ1v) is 9.07. The van der Waals surface area contributed by atoms with Crippen molar-refractivity contribution in [3.8, 4) is 0 Å². The van der Waals surface area contributed by atoms with Crippen LogP contribution in [-0.2, 0) is 14.4 Å². The van der Waals surface area contributed by atoms with Crippen molar-refractivity contribution in [2.24, 2.45) is 11.8 Å². The SMILES string of the molecule is CC(C)[C@@H](C(=O)O)N(C)C(=O)[C@H]1CCN(C/C=C/C(=O)N2CC(F)(F)C2)C1. The molecule has 2 fully saturated rings. The molecule has 2 saturated heterocycles. The highest BCUT2D eigenvalue weighted by Gasteiger charge is 2.45. The molecule has 0 aromatic heterocycles. The van der Waals surface area contributed by atoms with Crippen LogP contribution in [0.2, 0.25) is 0 Å². The van der Waals surface area contributed by atoms with Crippen molar-refractivity contribution in [1.29, 1.82) is 0 Å². The van der Waals surface area contributed by atoms with Crippen molar-refractivity contribution >= 4 is 17.8 Å². The van der Waals surface area contributed by atoms with E-state index in [9.17, 15) is 28.3 Å². The number of aliphatic carboxylic acids is 1. The number of rotatable bonds is 7. The molecule has 2 rings (SSSR count). The van der Waals surface area contributed by atoms with Gasteiger partial charge in [0.1, 0.15) is 6.04 Å². The van der Waals surface area contributed by atoms with Gasteiger partial charge in [0.15, 0.2) is 0 Å². The van der Waals surface area contributed by atoms with Gasteiger partial charge in [-0.1, -0.05) is 19.9 Å². The lowest BCUT2D eigenvalue weighted by Gasteiger charge is -2.37. The fraction of sp³-hybridized carbons (Fsp3) is 0.722. The number of carboxylic acids is 1. The van der Waals surface area contributed by atoms with Crippen LogP contribution in [0, 0.1) is 11.8 Å². The molecule has 1 N–H and O–H groups in total. The first kappa shape index (κ1) is 21.3. The van der Waals surface area contributed by atoms with Crippen molar-refractivity contribution < 1.29 is 28.3 Å². The molecule has 7 nitrogen and oxygen atoms in total. The number of nitrogens with zero attached hydrogens (tertiary/aromatic N) is 3. The summed E-state index contributed by atoms with van der Waals surface area (Å²) in [4.78, 5) is 40.1. The summed E-state index contributed by atoms with van der Waals surface area (Å²) < 4.78 is 25.5. The van der Waals surface area contributed by atoms with Crippen LogP contribution >= 0.6 is 0 Å². The maximum Gasteiger partial charge on any atom is 0.326 e. The summed E-state index contributed by atoms with van der Waals surface area (Å²) in [6.45, 7) is 4.03. The molecule has 0 unspecified atom stereocenters. The first-order chi connectivity index (χ1) is 12.5. The molecule has 2 heterocycles. The monoisotopic (exact) mass is 387 g/mol. The van der Waals surface area contributed by atoms with Crippen molar-refractivity contribution in [2.75, 3.05) is 39.8 Å². The Bertz CT molecular complexity index is 616. The summed E-state index contributed by atoms with van der Waals surface area (Å²) in [5.41, 5.74) is 0. The minimum atomic E-state index is -2.78. The summed E-state index contributed by atoms with van der Waals surface area (Å²) in [5, 5.41) is 9.33. The summed E-state index contributed by atoms with van der Waals surface area (Å²) in [6, 6.07) is -0.862. The third-order valence-electron chi connectivity index (χ3n) is 5.05. The van der Waals surface area contributed by atoms with Gasteiger partial charge in [0.05, 0.1) is 19.0 Å². The summed E-state index contributed by atoms with van der Waals surface area (Å²) in [5.74, 6) is -4.91. The molecule has 152 valence electrons. The number of alkyl halides is 2. The number of likely N-dealkylation sites (N-methyl/N-ethyl adjacent to an activating group) is 1. The average molecular weight is 387 g/mol. The van der Waals surface area contributed by atoms with E-state index >= 15 is 0 Å². The van der Waals surface area contributed by atoms with Crippen LogP contribution < -0.4 is 0 Å². The number of hydrogen-bond acceptors (Lipinski definition) is 4. The molecule has 2 aliphatic rings. The van der Waals surface area contributed by atoms with Gasteiger partial charge >= 0.3 is 5.97 Å². The Morgan fingerprint density at radius 1 is 1.30 bits per heavy atom. The summed E-state index contributed by atoms with van der Waals surface area (Å²) >= 11 is 0. The predicted octanol–water partition coefficient (Wildman–Crippen LogP) is 0.910. The molecule has 0 aromatic carbocycles. The Balaban J connectivity index is 1.80. The molecule has 0 saturated carbocycles. The Morgan fingerprint density at radius 2 is 1.93 bits per heavy atom. The van der Waals surface area contributed by atoms with Crippen LogP contribution in [-0.4, -0.2) is 89.3 Å². The molecule has 0 radical (unpaired) electrons. The van der Waals surface area contributed by atoms with Crippen LogP contribution in [0.5, 0.6) is 0 Å². The van der Waals surface area contributed by atoms with Gasteiger partial charge in [0.25, 0.3) is 5.92 Å². The van der Waals surface area contributed by atoms with Crippen LogP contribution in [0.1, 0.15) is 20.3 Å². The lowest BCUT2D eigenvalue weighted by Crippen LogP contribution is -2.58. The Kier molecular flexibility index (Phi) is 6.56. The number of likely N-dealkylation sites (tertiary alicyclic amines) is 2. The lowest BCUT2D eigenvalue weighted by atomic mass is 10.0. The Hall–Kier alpha value is -2.03. The fourth-order valence-electron chi connectivity index (χ4n) is 3.60. The van der Waals surface area contributed by atoms with Crippen LogP contribution in [0.25, 0.3) is 0 Å². The zero-order valence-corrected chi connectivity index (χ0v) is 15.9. The highest BCUT2D eigenvalue weighted by molar-refractivity contribution is 5.88. The second-order valence-corrected chi connectivity index (χ2v) is 7.67. The molecule has 2 atom stereocenters. The minimum absolute atomic E-state index is 0.193. The smallest absolute Gasteiger partial charge is 0.326 e. The second kappa shape index (κ2) is 8.33. The van der Waals surface area contributed by atoms with Gasteiger partial charge < -0.3 is 14.9 Å². The maximum absolute atomic E-state index is 12.8. The number of carboxylic acid groups (broad SMARTS) is 1. The van der Waals surface area contributed by atoms with Crippen molar-refractivity contribution in [2.45, 2.75) is 32.2 Å². The highest BCUT2D eigenvalue weighted by Crippen LogP contribution is 2.26. The van der Waals surface area contributed by atoms with Crippen LogP contribution in [0.4, 0.5) is 8.78 Å². The van der Waals surface area contributed by atoms with Gasteiger partial charge in [-0.2, -0.15) is 0 Å². The molecule has 27 heavy (non-hydrogen) atoms. The topological polar surface area (TPSA) is 81.2 Å². The van der Waals surface area contributed by atoms with E-state index in [1.165, 1.54) is 18.0 Å². The normalized spacial score (nSPS) is 23.5. The lowest BCUT2D eigenvalue weighted by molar-refractivity contribution is -0.160. The standard InChI is InChI=1S/C18H27F2N3O4/c1-12(2)15(17(26)27)21(3)16(25)13-6-8-22(9-13)7-4-5-14(24)23-10-18(19,20)11-23/h4-5,12-13,15H,6-11H2,1-3H3,(H,26,27)/b5-4+/t13-,15-/m0/s1. The average Bonchev–Trinajstić information content (AvgIpc) is 2.99. The van der Waals surface area contributed by atoms with Gasteiger partial charge in [0.2, 0.25) is 11.8 Å². The summed E-state index contributed by atoms with van der Waals surface area (Å²) in [6.07, 6.45) is 3.52. The number of carbonyl (C=O) groups is 3. The van der Waals surface area contributed by atoms with Crippen molar-refractivity contribution in [1.82, 2.24) is 14.7 Å². The zero-order chi connectivity index (χ0) is 20.4. The highest BCUT2D eigenvalue weighted by atomic mass is 19.3. The Labute approximate surface area is 157 Å². The van der Waals surface area contributed by atoms with Gasteiger partial charge in [-0.15, -0.1) is 0 Å². The first-order valence-electron chi connectivity index (χ1n) is 9.07. The van der Waals surface area contributed by atoms with E-state index in [1.807, 2.05) is 4.90 Å². The second-order valence-electron chi connectivity index (χ2n) is 7.67. The van der Waals surface area contributed by atoms with E-state index in [2.05, 4.69) is 0 Å². The fourth-order valence-corrected chi connectivity index (χ4v) is 3.60. The van der Waals surface area contributed by atoms with Crippen LogP contribution in [0.15, 0.2) is 12.2 Å². The van der Waals surface area contributed by atoms with Crippen molar-refractivity contribution in [3.05, 3.63) is 12.2 Å². The van der Waals surface area contributed by atoms with Crippen molar-refractivity contribution in [3.63, 3.8) is 0 Å². The van der Waals surface area contributed by atoms with Gasteiger partial charge in [-0.3, -0.25) is 14.5 Å². The van der Waals surface area contributed by atoms with Crippen LogP contribution in [0.3, 0.4) is 0 Å². The van der Waals surface area contributed by atoms with E-state index in [0.29, 0.717) is 26.1 Å². The van der Waals surface area contributed by atoms with E-state index < -0.39 is 36.9 Å². The largest absolute Gasteiger partial charge is 0.480 e. The number of amides is 2. The molecular weight excluding hydrogens is 360 g/mol. The van der Waals surface area contributed by atoms with E-state index in [4.69, 9.17) is 0 Å². The molecule has 2 aliphatic heterocycles. The molecule has 0 spiro atoms. The predicted molar refractivity (Wildman–Crippen MR) is 94.2 cm³/mol. The molecule has 2 amide bonds. The quantitative estimate of drug-likeness (QED) is 0.657. The molecule has 0 bridgehead atoms. The van der Waals surface area contributed by atoms with E-state index in [0.717, 1.165) is 4.90 Å². The zero-order valence-electron chi connectivity index (χ0n) is 15.9. The molecule has 0 aromatic rings. The van der Waals surface area contributed by atoms with Gasteiger partial charge in [-0.25, -0.2) is 13.6 Å². The number of halogens is 2. The van der Waals surface area contributed by atoms with Gasteiger partial charge in [0, 0.05) is 26.2 Å². The third-order valence-corrected chi connectivity index (χ3v) is 5.05. The summed E-state index contributed by atoms with van der Waals surface area (Å²) in [7, 11) is 1.52. The van der Waals surface area contributed by atoms with E-state index in [1.54, 1.807) is 19.9 Å². The maximum atomic E-state index is 12.8. The minimum Gasteiger partial charge on any atom is -0.480 e. The molecule has 9 heteroatoms.